The summed E-state index contributed by atoms with van der Waals surface area (Å²) in [6, 6.07) is 4.69. The average Bonchev–Trinajstić information content (AvgIpc) is 2.88. The Morgan fingerprint density at radius 3 is 2.50 bits per heavy atom. The number of nitrogens with two attached hydrogens (primary N) is 1. The molecule has 0 atom stereocenters. The van der Waals surface area contributed by atoms with Crippen LogP contribution in [0.4, 0.5) is 5.69 Å². The van der Waals surface area contributed by atoms with Gasteiger partial charge in [-0.25, -0.2) is 4.79 Å². The number of carbonyl (C=O) groups is 2. The molecule has 108 valence electrons. The number of amides is 1. The molecule has 0 spiro atoms. The Hall–Kier alpha value is -2.24. The quantitative estimate of drug-likeness (QED) is 0.723. The fraction of sp³-hybridized carbons (Fsp3) is 0.429. The number of anilines is 1. The monoisotopic (exact) mass is 278 g/mol. The SMILES string of the molecule is COc1ccc(C(=O)NC2(C(=O)O)CCCC2)c(N)c1. The average molecular weight is 278 g/mol. The van der Waals surface area contributed by atoms with Crippen LogP contribution in [-0.4, -0.2) is 29.6 Å². The van der Waals surface area contributed by atoms with Crippen molar-refractivity contribution in [2.45, 2.75) is 31.2 Å². The van der Waals surface area contributed by atoms with E-state index in [0.717, 1.165) is 12.8 Å². The number of nitrogens with one attached hydrogen (secondary N) is 1. The van der Waals surface area contributed by atoms with E-state index in [1.165, 1.54) is 19.2 Å². The fourth-order valence-corrected chi connectivity index (χ4v) is 2.53. The summed E-state index contributed by atoms with van der Waals surface area (Å²) in [5.41, 5.74) is 5.17. The number of carbonyl (C=O) groups excluding carboxylic acids is 1. The van der Waals surface area contributed by atoms with E-state index < -0.39 is 17.4 Å². The Bertz CT molecular complexity index is 536. The van der Waals surface area contributed by atoms with Gasteiger partial charge < -0.3 is 20.9 Å². The molecule has 1 aliphatic rings. The van der Waals surface area contributed by atoms with Gasteiger partial charge in [0.2, 0.25) is 0 Å². The minimum Gasteiger partial charge on any atom is -0.497 e. The highest BCUT2D eigenvalue weighted by Gasteiger charge is 2.42. The normalized spacial score (nSPS) is 16.6. The summed E-state index contributed by atoms with van der Waals surface area (Å²) in [7, 11) is 1.51. The van der Waals surface area contributed by atoms with E-state index in [9.17, 15) is 14.7 Å². The molecule has 1 aromatic carbocycles. The van der Waals surface area contributed by atoms with Crippen LogP contribution in [0.1, 0.15) is 36.0 Å². The van der Waals surface area contributed by atoms with E-state index in [1.807, 2.05) is 0 Å². The lowest BCUT2D eigenvalue weighted by Gasteiger charge is -2.25. The highest BCUT2D eigenvalue weighted by atomic mass is 16.5. The third kappa shape index (κ3) is 2.54. The Balaban J connectivity index is 2.21. The molecule has 2 rings (SSSR count). The van der Waals surface area contributed by atoms with Gasteiger partial charge in [0.05, 0.1) is 12.7 Å². The van der Waals surface area contributed by atoms with Crippen LogP contribution < -0.4 is 15.8 Å². The van der Waals surface area contributed by atoms with Gasteiger partial charge in [-0.2, -0.15) is 0 Å². The first-order valence-corrected chi connectivity index (χ1v) is 6.48. The van der Waals surface area contributed by atoms with Gasteiger partial charge in [0.1, 0.15) is 11.3 Å². The van der Waals surface area contributed by atoms with Crippen LogP contribution in [-0.2, 0) is 4.79 Å². The molecule has 1 aromatic rings. The van der Waals surface area contributed by atoms with E-state index in [0.29, 0.717) is 18.6 Å². The highest BCUT2D eigenvalue weighted by molar-refractivity contribution is 6.02. The van der Waals surface area contributed by atoms with Gasteiger partial charge >= 0.3 is 5.97 Å². The summed E-state index contributed by atoms with van der Waals surface area (Å²) >= 11 is 0. The van der Waals surface area contributed by atoms with Crippen molar-refractivity contribution in [2.24, 2.45) is 0 Å². The van der Waals surface area contributed by atoms with Gasteiger partial charge in [0.25, 0.3) is 5.91 Å². The van der Waals surface area contributed by atoms with Crippen LogP contribution in [0.3, 0.4) is 0 Å². The molecule has 0 aromatic heterocycles. The zero-order chi connectivity index (χ0) is 14.8. The van der Waals surface area contributed by atoms with Gasteiger partial charge in [-0.15, -0.1) is 0 Å². The summed E-state index contributed by atoms with van der Waals surface area (Å²) < 4.78 is 5.02. The molecule has 0 aliphatic heterocycles. The van der Waals surface area contributed by atoms with E-state index in [1.54, 1.807) is 6.07 Å². The Morgan fingerprint density at radius 1 is 1.35 bits per heavy atom. The predicted molar refractivity (Wildman–Crippen MR) is 73.7 cm³/mol. The lowest BCUT2D eigenvalue weighted by molar-refractivity contribution is -0.144. The molecule has 1 saturated carbocycles. The fourth-order valence-electron chi connectivity index (χ4n) is 2.53. The van der Waals surface area contributed by atoms with Gasteiger partial charge in [-0.05, 0) is 25.0 Å². The lowest BCUT2D eigenvalue weighted by Crippen LogP contribution is -2.52. The number of benzene rings is 1. The lowest BCUT2D eigenvalue weighted by atomic mass is 9.97. The first kappa shape index (κ1) is 14.2. The molecule has 1 aliphatic carbocycles. The summed E-state index contributed by atoms with van der Waals surface area (Å²) in [5.74, 6) is -0.905. The molecule has 0 bridgehead atoms. The Labute approximate surface area is 116 Å². The second kappa shape index (κ2) is 5.40. The standard InChI is InChI=1S/C14H18N2O4/c1-20-9-4-5-10(11(15)8-9)12(17)16-14(13(18)19)6-2-3-7-14/h4-5,8H,2-3,6-7,15H2,1H3,(H,16,17)(H,18,19). The maximum absolute atomic E-state index is 12.2. The van der Waals surface area contributed by atoms with Gasteiger partial charge in [0, 0.05) is 11.8 Å². The zero-order valence-corrected chi connectivity index (χ0v) is 11.3. The molecular formula is C14H18N2O4. The summed E-state index contributed by atoms with van der Waals surface area (Å²) in [6.07, 6.45) is 2.49. The Kier molecular flexibility index (Phi) is 3.83. The highest BCUT2D eigenvalue weighted by Crippen LogP contribution is 2.31. The van der Waals surface area contributed by atoms with Crippen molar-refractivity contribution >= 4 is 17.6 Å². The number of aliphatic carboxylic acids is 1. The maximum Gasteiger partial charge on any atom is 0.329 e. The smallest absolute Gasteiger partial charge is 0.329 e. The number of ether oxygens (including phenoxy) is 1. The van der Waals surface area contributed by atoms with Crippen molar-refractivity contribution in [1.82, 2.24) is 5.32 Å². The minimum absolute atomic E-state index is 0.262. The molecule has 0 radical (unpaired) electrons. The number of rotatable bonds is 4. The van der Waals surface area contributed by atoms with Crippen molar-refractivity contribution in [3.63, 3.8) is 0 Å². The summed E-state index contributed by atoms with van der Waals surface area (Å²) in [6.45, 7) is 0. The molecule has 4 N–H and O–H groups in total. The number of hydrogen-bond acceptors (Lipinski definition) is 4. The van der Waals surface area contributed by atoms with Crippen LogP contribution in [0.2, 0.25) is 0 Å². The molecule has 6 nitrogen and oxygen atoms in total. The molecule has 0 saturated heterocycles. The van der Waals surface area contributed by atoms with Crippen LogP contribution >= 0.6 is 0 Å². The van der Waals surface area contributed by atoms with Crippen LogP contribution in [0, 0.1) is 0 Å². The van der Waals surface area contributed by atoms with E-state index >= 15 is 0 Å². The third-order valence-corrected chi connectivity index (χ3v) is 3.72. The first-order valence-electron chi connectivity index (χ1n) is 6.48. The maximum atomic E-state index is 12.2. The number of nitrogen functional groups attached to an aromatic ring is 1. The van der Waals surface area contributed by atoms with Gasteiger partial charge in [-0.1, -0.05) is 12.8 Å². The molecule has 0 unspecified atom stereocenters. The van der Waals surface area contributed by atoms with Crippen LogP contribution in [0.15, 0.2) is 18.2 Å². The molecule has 0 heterocycles. The van der Waals surface area contributed by atoms with Crippen LogP contribution in [0.25, 0.3) is 0 Å². The molecule has 20 heavy (non-hydrogen) atoms. The number of carboxylic acids is 1. The number of carboxylic acid groups (broad SMARTS) is 1. The molecule has 1 fully saturated rings. The van der Waals surface area contributed by atoms with Crippen molar-refractivity contribution < 1.29 is 19.4 Å². The van der Waals surface area contributed by atoms with Crippen molar-refractivity contribution in [3.8, 4) is 5.75 Å². The summed E-state index contributed by atoms with van der Waals surface area (Å²) in [4.78, 5) is 23.6. The van der Waals surface area contributed by atoms with E-state index in [-0.39, 0.29) is 11.3 Å². The predicted octanol–water partition coefficient (Wildman–Crippen LogP) is 1.40. The molecular weight excluding hydrogens is 260 g/mol. The largest absolute Gasteiger partial charge is 0.497 e. The molecule has 1 amide bonds. The molecule has 6 heteroatoms. The second-order valence-electron chi connectivity index (χ2n) is 5.00. The van der Waals surface area contributed by atoms with Gasteiger partial charge in [-0.3, -0.25) is 4.79 Å². The second-order valence-corrected chi connectivity index (χ2v) is 5.00. The van der Waals surface area contributed by atoms with Crippen molar-refractivity contribution in [3.05, 3.63) is 23.8 Å². The van der Waals surface area contributed by atoms with E-state index in [4.69, 9.17) is 10.5 Å². The third-order valence-electron chi connectivity index (χ3n) is 3.72. The van der Waals surface area contributed by atoms with Crippen LogP contribution in [0.5, 0.6) is 5.75 Å². The summed E-state index contributed by atoms with van der Waals surface area (Å²) in [5, 5.41) is 12.0. The van der Waals surface area contributed by atoms with E-state index in [2.05, 4.69) is 5.32 Å². The van der Waals surface area contributed by atoms with Crippen molar-refractivity contribution in [1.29, 1.82) is 0 Å². The topological polar surface area (TPSA) is 102 Å². The first-order chi connectivity index (χ1) is 9.48. The Morgan fingerprint density at radius 2 is 2.00 bits per heavy atom. The minimum atomic E-state index is -1.16. The zero-order valence-electron chi connectivity index (χ0n) is 11.3. The number of hydrogen-bond donors (Lipinski definition) is 3. The van der Waals surface area contributed by atoms with Crippen molar-refractivity contribution in [2.75, 3.05) is 12.8 Å². The number of methoxy groups -OCH3 is 1. The van der Waals surface area contributed by atoms with Gasteiger partial charge in [0.15, 0.2) is 0 Å².